The molecular formula is C20H19FN4O2. The Morgan fingerprint density at radius 2 is 1.63 bits per heavy atom. The lowest BCUT2D eigenvalue weighted by Crippen LogP contribution is -2.15. The summed E-state index contributed by atoms with van der Waals surface area (Å²) in [7, 11) is 0. The first kappa shape index (κ1) is 18.3. The van der Waals surface area contributed by atoms with Gasteiger partial charge in [0, 0.05) is 5.69 Å². The third kappa shape index (κ3) is 5.01. The quantitative estimate of drug-likeness (QED) is 0.676. The SMILES string of the molecule is CC(C)Oc1ccc(Nc2ccc(NC(=O)c3ccccc3F)nn2)cc1. The summed E-state index contributed by atoms with van der Waals surface area (Å²) in [5.41, 5.74) is 0.772. The Hall–Kier alpha value is -3.48. The van der Waals surface area contributed by atoms with Gasteiger partial charge in [-0.3, -0.25) is 4.79 Å². The average Bonchev–Trinajstić information content (AvgIpc) is 2.65. The number of rotatable bonds is 6. The van der Waals surface area contributed by atoms with E-state index in [-0.39, 0.29) is 17.5 Å². The standard InChI is InChI=1S/C20H19FN4O2/c1-13(2)27-15-9-7-14(8-10-15)22-18-11-12-19(25-24-18)23-20(26)16-5-3-4-6-17(16)21/h3-13H,1-2H3,(H,22,24)(H,23,25,26). The molecule has 0 aliphatic carbocycles. The Labute approximate surface area is 156 Å². The van der Waals surface area contributed by atoms with Crippen molar-refractivity contribution in [3.8, 4) is 5.75 Å². The van der Waals surface area contributed by atoms with Crippen LogP contribution in [0.4, 0.5) is 21.7 Å². The van der Waals surface area contributed by atoms with Crippen LogP contribution in [0, 0.1) is 5.82 Å². The molecule has 0 spiro atoms. The van der Waals surface area contributed by atoms with Gasteiger partial charge in [-0.1, -0.05) is 12.1 Å². The van der Waals surface area contributed by atoms with Crippen LogP contribution in [0.5, 0.6) is 5.75 Å². The van der Waals surface area contributed by atoms with Gasteiger partial charge in [0.15, 0.2) is 11.6 Å². The Bertz CT molecular complexity index is 912. The van der Waals surface area contributed by atoms with E-state index in [1.807, 2.05) is 38.1 Å². The zero-order chi connectivity index (χ0) is 19.2. The highest BCUT2D eigenvalue weighted by Gasteiger charge is 2.11. The fraction of sp³-hybridized carbons (Fsp3) is 0.150. The van der Waals surface area contributed by atoms with Gasteiger partial charge in [0.1, 0.15) is 11.6 Å². The topological polar surface area (TPSA) is 76.1 Å². The number of aromatic nitrogens is 2. The van der Waals surface area contributed by atoms with E-state index in [0.717, 1.165) is 11.4 Å². The summed E-state index contributed by atoms with van der Waals surface area (Å²) in [6, 6.07) is 16.5. The molecule has 7 heteroatoms. The van der Waals surface area contributed by atoms with Crippen molar-refractivity contribution in [2.24, 2.45) is 0 Å². The molecule has 0 saturated heterocycles. The second-order valence-electron chi connectivity index (χ2n) is 6.05. The van der Waals surface area contributed by atoms with Crippen molar-refractivity contribution in [1.82, 2.24) is 10.2 Å². The molecule has 1 aromatic heterocycles. The summed E-state index contributed by atoms with van der Waals surface area (Å²) in [6.07, 6.45) is 0.113. The molecule has 138 valence electrons. The van der Waals surface area contributed by atoms with Gasteiger partial charge in [0.25, 0.3) is 5.91 Å². The molecule has 0 atom stereocenters. The van der Waals surface area contributed by atoms with Gasteiger partial charge in [-0.2, -0.15) is 0 Å². The Morgan fingerprint density at radius 1 is 0.963 bits per heavy atom. The van der Waals surface area contributed by atoms with E-state index in [9.17, 15) is 9.18 Å². The zero-order valence-electron chi connectivity index (χ0n) is 14.9. The molecule has 0 saturated carbocycles. The van der Waals surface area contributed by atoms with Crippen molar-refractivity contribution < 1.29 is 13.9 Å². The molecule has 3 rings (SSSR count). The van der Waals surface area contributed by atoms with Crippen LogP contribution in [0.1, 0.15) is 24.2 Å². The summed E-state index contributed by atoms with van der Waals surface area (Å²) in [5.74, 6) is 0.355. The summed E-state index contributed by atoms with van der Waals surface area (Å²) in [5, 5.41) is 13.6. The maximum atomic E-state index is 13.6. The smallest absolute Gasteiger partial charge is 0.259 e. The van der Waals surface area contributed by atoms with Crippen LogP contribution < -0.4 is 15.4 Å². The fourth-order valence-electron chi connectivity index (χ4n) is 2.33. The summed E-state index contributed by atoms with van der Waals surface area (Å²) in [4.78, 5) is 12.1. The van der Waals surface area contributed by atoms with E-state index in [1.165, 1.54) is 18.2 Å². The van der Waals surface area contributed by atoms with Gasteiger partial charge < -0.3 is 15.4 Å². The van der Waals surface area contributed by atoms with Gasteiger partial charge in [-0.25, -0.2) is 4.39 Å². The van der Waals surface area contributed by atoms with Crippen molar-refractivity contribution in [1.29, 1.82) is 0 Å². The van der Waals surface area contributed by atoms with Crippen LogP contribution in [0.2, 0.25) is 0 Å². The summed E-state index contributed by atoms with van der Waals surface area (Å²) < 4.78 is 19.2. The van der Waals surface area contributed by atoms with Crippen molar-refractivity contribution in [3.63, 3.8) is 0 Å². The Balaban J connectivity index is 1.62. The van der Waals surface area contributed by atoms with Crippen LogP contribution in [-0.4, -0.2) is 22.2 Å². The zero-order valence-corrected chi connectivity index (χ0v) is 14.9. The highest BCUT2D eigenvalue weighted by Crippen LogP contribution is 2.20. The monoisotopic (exact) mass is 366 g/mol. The van der Waals surface area contributed by atoms with E-state index >= 15 is 0 Å². The summed E-state index contributed by atoms with van der Waals surface area (Å²) >= 11 is 0. The highest BCUT2D eigenvalue weighted by atomic mass is 19.1. The first-order valence-electron chi connectivity index (χ1n) is 8.44. The minimum atomic E-state index is -0.592. The van der Waals surface area contributed by atoms with E-state index < -0.39 is 11.7 Å². The molecule has 3 aromatic rings. The molecule has 1 amide bonds. The van der Waals surface area contributed by atoms with Gasteiger partial charge in [-0.05, 0) is 62.4 Å². The van der Waals surface area contributed by atoms with E-state index in [4.69, 9.17) is 4.74 Å². The van der Waals surface area contributed by atoms with Crippen molar-refractivity contribution in [2.45, 2.75) is 20.0 Å². The predicted molar refractivity (Wildman–Crippen MR) is 102 cm³/mol. The lowest BCUT2D eigenvalue weighted by atomic mass is 10.2. The molecule has 0 bridgehead atoms. The minimum Gasteiger partial charge on any atom is -0.491 e. The van der Waals surface area contributed by atoms with Gasteiger partial charge in [0.05, 0.1) is 11.7 Å². The maximum absolute atomic E-state index is 13.6. The number of ether oxygens (including phenoxy) is 1. The normalized spacial score (nSPS) is 10.5. The minimum absolute atomic E-state index is 0.0507. The number of hydrogen-bond acceptors (Lipinski definition) is 5. The predicted octanol–water partition coefficient (Wildman–Crippen LogP) is 4.40. The molecule has 0 unspecified atom stereocenters. The van der Waals surface area contributed by atoms with E-state index in [0.29, 0.717) is 5.82 Å². The Morgan fingerprint density at radius 3 is 2.26 bits per heavy atom. The van der Waals surface area contributed by atoms with Crippen LogP contribution in [0.25, 0.3) is 0 Å². The first-order chi connectivity index (χ1) is 13.0. The van der Waals surface area contributed by atoms with Gasteiger partial charge in [-0.15, -0.1) is 10.2 Å². The molecule has 1 heterocycles. The van der Waals surface area contributed by atoms with Crippen LogP contribution in [0.15, 0.2) is 60.7 Å². The highest BCUT2D eigenvalue weighted by molar-refractivity contribution is 6.03. The molecule has 2 aromatic carbocycles. The molecular weight excluding hydrogens is 347 g/mol. The number of carbonyl (C=O) groups is 1. The third-order valence-electron chi connectivity index (χ3n) is 3.52. The third-order valence-corrected chi connectivity index (χ3v) is 3.52. The lowest BCUT2D eigenvalue weighted by molar-refractivity contribution is 0.102. The van der Waals surface area contributed by atoms with Crippen molar-refractivity contribution in [3.05, 3.63) is 72.0 Å². The second-order valence-corrected chi connectivity index (χ2v) is 6.05. The lowest BCUT2D eigenvalue weighted by Gasteiger charge is -2.11. The molecule has 2 N–H and O–H groups in total. The average molecular weight is 366 g/mol. The number of halogens is 1. The van der Waals surface area contributed by atoms with E-state index in [1.54, 1.807) is 18.2 Å². The number of benzene rings is 2. The van der Waals surface area contributed by atoms with Crippen LogP contribution in [0.3, 0.4) is 0 Å². The number of hydrogen-bond donors (Lipinski definition) is 2. The first-order valence-corrected chi connectivity index (χ1v) is 8.44. The molecule has 0 radical (unpaired) electrons. The molecule has 27 heavy (non-hydrogen) atoms. The second kappa shape index (κ2) is 8.27. The molecule has 0 aliphatic rings. The Kier molecular flexibility index (Phi) is 5.61. The van der Waals surface area contributed by atoms with Gasteiger partial charge in [0.2, 0.25) is 0 Å². The van der Waals surface area contributed by atoms with Crippen molar-refractivity contribution in [2.75, 3.05) is 10.6 Å². The number of nitrogens with zero attached hydrogens (tertiary/aromatic N) is 2. The van der Waals surface area contributed by atoms with Gasteiger partial charge >= 0.3 is 0 Å². The van der Waals surface area contributed by atoms with Crippen LogP contribution in [-0.2, 0) is 0 Å². The van der Waals surface area contributed by atoms with E-state index in [2.05, 4.69) is 20.8 Å². The number of amides is 1. The number of carbonyl (C=O) groups excluding carboxylic acids is 1. The number of anilines is 3. The maximum Gasteiger partial charge on any atom is 0.259 e. The molecule has 0 aliphatic heterocycles. The summed E-state index contributed by atoms with van der Waals surface area (Å²) in [6.45, 7) is 3.93. The molecule has 0 fully saturated rings. The fourth-order valence-corrected chi connectivity index (χ4v) is 2.33. The van der Waals surface area contributed by atoms with Crippen molar-refractivity contribution >= 4 is 23.2 Å². The molecule has 6 nitrogen and oxygen atoms in total. The van der Waals surface area contributed by atoms with Crippen LogP contribution >= 0.6 is 0 Å². The largest absolute Gasteiger partial charge is 0.491 e. The number of nitrogens with one attached hydrogen (secondary N) is 2.